The van der Waals surface area contributed by atoms with Crippen molar-refractivity contribution in [2.45, 2.75) is 30.4 Å². The van der Waals surface area contributed by atoms with E-state index in [1.807, 2.05) is 0 Å². The van der Waals surface area contributed by atoms with E-state index in [4.69, 9.17) is 4.55 Å². The van der Waals surface area contributed by atoms with Crippen LogP contribution in [-0.2, 0) is 41.4 Å². The van der Waals surface area contributed by atoms with Gasteiger partial charge in [-0.25, -0.2) is 17.7 Å². The fourth-order valence-electron chi connectivity index (χ4n) is 4.36. The molecule has 0 bridgehead atoms. The third-order valence-corrected chi connectivity index (χ3v) is 8.27. The summed E-state index contributed by atoms with van der Waals surface area (Å²) in [4.78, 5) is 17.3. The number of pyridine rings is 1. The van der Waals surface area contributed by atoms with E-state index in [9.17, 15) is 22.9 Å². The van der Waals surface area contributed by atoms with E-state index in [0.29, 0.717) is 21.4 Å². The van der Waals surface area contributed by atoms with Crippen LogP contribution >= 0.6 is 11.3 Å². The Hall–Kier alpha value is -4.82. The molecule has 0 saturated carbocycles. The van der Waals surface area contributed by atoms with Crippen molar-refractivity contribution in [3.63, 3.8) is 0 Å². The minimum absolute atomic E-state index is 0.0173. The van der Waals surface area contributed by atoms with Gasteiger partial charge in [0.2, 0.25) is 0 Å². The Balaban J connectivity index is 1.28. The summed E-state index contributed by atoms with van der Waals surface area (Å²) in [5.41, 5.74) is -3.32. The Bertz CT molecular complexity index is 1930. The Morgan fingerprint density at radius 3 is 2.43 bits per heavy atom. The number of nitrogens with zero attached hydrogens (tertiary/aromatic N) is 5. The molecule has 2 unspecified atom stereocenters. The minimum atomic E-state index is -4.21. The number of carbonyl (C=O) groups excluding carboxylic acids is 1. The molecule has 3 N–H and O–H groups in total. The molecule has 1 amide bonds. The van der Waals surface area contributed by atoms with E-state index < -0.39 is 52.0 Å². The van der Waals surface area contributed by atoms with Gasteiger partial charge in [-0.2, -0.15) is 8.78 Å². The summed E-state index contributed by atoms with van der Waals surface area (Å²) in [5.74, 6) is -1.31. The molecule has 0 aliphatic carbocycles. The number of carbonyl (C=O) groups is 1. The van der Waals surface area contributed by atoms with Gasteiger partial charge in [0.05, 0.1) is 22.1 Å². The summed E-state index contributed by atoms with van der Waals surface area (Å²) >= 11 is -0.826. The molecule has 3 aromatic heterocycles. The number of halogens is 4. The Morgan fingerprint density at radius 1 is 1.02 bits per heavy atom. The van der Waals surface area contributed by atoms with Crippen LogP contribution in [0.3, 0.4) is 0 Å². The lowest BCUT2D eigenvalue weighted by molar-refractivity contribution is -0.207. The van der Waals surface area contributed by atoms with Crippen LogP contribution in [0.4, 0.5) is 17.6 Å². The molecule has 236 valence electrons. The number of rotatable bonds is 10. The second-order valence-electron chi connectivity index (χ2n) is 9.88. The summed E-state index contributed by atoms with van der Waals surface area (Å²) in [6, 6.07) is 14.2. The standard InChI is InChI=1S/C30H22F4N6O4S2/c31-22-7-10-24(25(32)13-22)29(42,17-40-18-37-38-39-40)30(33,34)27-12-6-20(14-35-27)5-8-23-9-11-26(45-23)28(41)36-15-19-1-3-21(4-2-19)16-46(43)44/h1-4,6-7,9-14,18,42H,15-17H2,(H,36,41)(H,43,44). The molecule has 0 aliphatic heterocycles. The van der Waals surface area contributed by atoms with E-state index in [0.717, 1.165) is 52.3 Å². The summed E-state index contributed by atoms with van der Waals surface area (Å²) in [6.07, 6.45) is 2.01. The zero-order valence-electron chi connectivity index (χ0n) is 23.4. The van der Waals surface area contributed by atoms with Gasteiger partial charge in [-0.15, -0.1) is 16.4 Å². The molecular weight excluding hydrogens is 648 g/mol. The van der Waals surface area contributed by atoms with Gasteiger partial charge in [0.1, 0.15) is 23.7 Å². The number of aliphatic hydroxyl groups is 1. The Labute approximate surface area is 265 Å². The zero-order valence-corrected chi connectivity index (χ0v) is 25.0. The number of thiophene rings is 1. The van der Waals surface area contributed by atoms with Crippen LogP contribution in [0.25, 0.3) is 0 Å². The number of nitrogens with one attached hydrogen (secondary N) is 1. The van der Waals surface area contributed by atoms with Crippen molar-refractivity contribution >= 4 is 28.3 Å². The van der Waals surface area contributed by atoms with Gasteiger partial charge in [0.25, 0.3) is 5.91 Å². The molecule has 2 aromatic carbocycles. The molecule has 46 heavy (non-hydrogen) atoms. The summed E-state index contributed by atoms with van der Waals surface area (Å²) < 4.78 is 80.8. The van der Waals surface area contributed by atoms with Gasteiger partial charge in [-0.1, -0.05) is 36.1 Å². The van der Waals surface area contributed by atoms with Crippen molar-refractivity contribution in [1.82, 2.24) is 30.5 Å². The summed E-state index contributed by atoms with van der Waals surface area (Å²) in [5, 5.41) is 24.2. The lowest BCUT2D eigenvalue weighted by atomic mass is 9.84. The van der Waals surface area contributed by atoms with Crippen LogP contribution in [0.2, 0.25) is 0 Å². The molecule has 5 rings (SSSR count). The molecule has 3 heterocycles. The molecule has 0 fully saturated rings. The maximum Gasteiger partial charge on any atom is 0.323 e. The highest BCUT2D eigenvalue weighted by Crippen LogP contribution is 2.46. The maximum atomic E-state index is 15.9. The van der Waals surface area contributed by atoms with Gasteiger partial charge in [-0.05, 0) is 58.0 Å². The van der Waals surface area contributed by atoms with Gasteiger partial charge in [-0.3, -0.25) is 9.78 Å². The van der Waals surface area contributed by atoms with Crippen molar-refractivity contribution in [3.8, 4) is 11.8 Å². The molecule has 5 aromatic rings. The van der Waals surface area contributed by atoms with Crippen LogP contribution in [0.15, 0.2) is 79.3 Å². The molecule has 16 heteroatoms. The fourth-order valence-corrected chi connectivity index (χ4v) is 5.61. The van der Waals surface area contributed by atoms with Gasteiger partial charge in [0, 0.05) is 29.9 Å². The van der Waals surface area contributed by atoms with Crippen molar-refractivity contribution in [2.75, 3.05) is 0 Å². The molecule has 0 aliphatic rings. The van der Waals surface area contributed by atoms with Crippen molar-refractivity contribution in [2.24, 2.45) is 0 Å². The van der Waals surface area contributed by atoms with Crippen LogP contribution in [-0.4, -0.2) is 45.0 Å². The number of hydrogen-bond acceptors (Lipinski definition) is 8. The zero-order chi connectivity index (χ0) is 32.9. The predicted molar refractivity (Wildman–Crippen MR) is 159 cm³/mol. The normalized spacial score (nSPS) is 13.3. The molecule has 2 atom stereocenters. The number of alkyl halides is 2. The Kier molecular flexibility index (Phi) is 9.68. The highest BCUT2D eigenvalue weighted by Gasteiger charge is 2.58. The van der Waals surface area contributed by atoms with Crippen molar-refractivity contribution in [1.29, 1.82) is 0 Å². The van der Waals surface area contributed by atoms with Crippen LogP contribution in [0.1, 0.15) is 42.5 Å². The average Bonchev–Trinajstić information content (AvgIpc) is 3.72. The number of tetrazole rings is 1. The number of aromatic nitrogens is 5. The summed E-state index contributed by atoms with van der Waals surface area (Å²) in [7, 11) is 0. The largest absolute Gasteiger partial charge is 0.377 e. The van der Waals surface area contributed by atoms with Crippen LogP contribution < -0.4 is 5.32 Å². The summed E-state index contributed by atoms with van der Waals surface area (Å²) in [6.45, 7) is -0.741. The number of hydrogen-bond donors (Lipinski definition) is 3. The first kappa shape index (κ1) is 32.6. The minimum Gasteiger partial charge on any atom is -0.377 e. The van der Waals surface area contributed by atoms with E-state index in [1.54, 1.807) is 36.4 Å². The van der Waals surface area contributed by atoms with Crippen LogP contribution in [0.5, 0.6) is 0 Å². The fraction of sp³-hybridized carbons (Fsp3) is 0.167. The smallest absolute Gasteiger partial charge is 0.323 e. The maximum absolute atomic E-state index is 15.9. The lowest BCUT2D eigenvalue weighted by Gasteiger charge is -2.35. The molecule has 0 radical (unpaired) electrons. The second kappa shape index (κ2) is 13.7. The highest BCUT2D eigenvalue weighted by molar-refractivity contribution is 7.78. The van der Waals surface area contributed by atoms with E-state index in [-0.39, 0.29) is 23.8 Å². The monoisotopic (exact) mass is 670 g/mol. The molecule has 0 saturated heterocycles. The quantitative estimate of drug-likeness (QED) is 0.114. The van der Waals surface area contributed by atoms with Gasteiger partial charge < -0.3 is 15.0 Å². The van der Waals surface area contributed by atoms with E-state index >= 15 is 8.78 Å². The Morgan fingerprint density at radius 2 is 1.78 bits per heavy atom. The second-order valence-corrected chi connectivity index (χ2v) is 11.9. The molecule has 10 nitrogen and oxygen atoms in total. The van der Waals surface area contributed by atoms with E-state index in [1.165, 1.54) is 6.07 Å². The molecular formula is C30H22F4N6O4S2. The number of benzene rings is 2. The predicted octanol–water partition coefficient (Wildman–Crippen LogP) is 4.14. The highest BCUT2D eigenvalue weighted by atomic mass is 32.2. The van der Waals surface area contributed by atoms with E-state index in [2.05, 4.69) is 37.7 Å². The topological polar surface area (TPSA) is 143 Å². The van der Waals surface area contributed by atoms with Gasteiger partial charge >= 0.3 is 5.92 Å². The van der Waals surface area contributed by atoms with Crippen molar-refractivity contribution < 1.29 is 36.2 Å². The number of amides is 1. The van der Waals surface area contributed by atoms with Crippen molar-refractivity contribution in [3.05, 3.63) is 129 Å². The third kappa shape index (κ3) is 7.35. The first-order valence-corrected chi connectivity index (χ1v) is 15.3. The molecule has 0 spiro atoms. The SMILES string of the molecule is O=C(NCc1ccc(CS(=O)O)cc1)c1ccc(C#Cc2ccc(C(F)(F)C(O)(Cn3cnnn3)c3ccc(F)cc3F)nc2)s1. The van der Waals surface area contributed by atoms with Crippen LogP contribution in [0, 0.1) is 23.5 Å². The first-order valence-electron chi connectivity index (χ1n) is 13.2. The van der Waals surface area contributed by atoms with Gasteiger partial charge in [0.15, 0.2) is 16.7 Å². The average molecular weight is 671 g/mol. The lowest BCUT2D eigenvalue weighted by Crippen LogP contribution is -2.48. The third-order valence-electron chi connectivity index (χ3n) is 6.69. The first-order chi connectivity index (χ1) is 21.9.